The average molecular weight is 306 g/mol. The van der Waals surface area contributed by atoms with Gasteiger partial charge in [-0.05, 0) is 6.07 Å². The highest BCUT2D eigenvalue weighted by Gasteiger charge is 2.27. The predicted molar refractivity (Wildman–Crippen MR) is 58.4 cm³/mol. The molecule has 1 amide bonds. The van der Waals surface area contributed by atoms with E-state index in [4.69, 9.17) is 0 Å². The summed E-state index contributed by atoms with van der Waals surface area (Å²) in [7, 11) is 0. The van der Waals surface area contributed by atoms with Crippen LogP contribution in [0.25, 0.3) is 0 Å². The number of aromatic nitrogens is 1. The van der Waals surface area contributed by atoms with Gasteiger partial charge in [-0.3, -0.25) is 4.79 Å². The topological polar surface area (TPSA) is 42.0 Å². The van der Waals surface area contributed by atoms with Crippen molar-refractivity contribution in [2.75, 3.05) is 5.32 Å². The lowest BCUT2D eigenvalue weighted by Crippen LogP contribution is -2.17. The lowest BCUT2D eigenvalue weighted by Gasteiger charge is -2.09. The van der Waals surface area contributed by atoms with Crippen LogP contribution in [0, 0.1) is 35.0 Å². The summed E-state index contributed by atoms with van der Waals surface area (Å²) in [6, 6.07) is 1.62. The van der Waals surface area contributed by atoms with Crippen LogP contribution in [0.5, 0.6) is 0 Å². The van der Waals surface area contributed by atoms with Crippen molar-refractivity contribution in [2.24, 2.45) is 0 Å². The van der Waals surface area contributed by atoms with Crippen LogP contribution in [-0.2, 0) is 0 Å². The zero-order valence-corrected chi connectivity index (χ0v) is 9.86. The Labute approximate surface area is 113 Å². The molecule has 1 heterocycles. The Hall–Kier alpha value is -2.58. The molecule has 0 unspecified atom stereocenters. The second kappa shape index (κ2) is 5.43. The van der Waals surface area contributed by atoms with Gasteiger partial charge in [-0.15, -0.1) is 0 Å². The number of nitrogens with one attached hydrogen (secondary N) is 1. The molecule has 2 aromatic rings. The van der Waals surface area contributed by atoms with Gasteiger partial charge in [-0.25, -0.2) is 26.9 Å². The third kappa shape index (κ3) is 2.67. The van der Waals surface area contributed by atoms with Crippen molar-refractivity contribution in [3.8, 4) is 0 Å². The van der Waals surface area contributed by atoms with Gasteiger partial charge in [-0.1, -0.05) is 0 Å². The minimum atomic E-state index is -2.35. The van der Waals surface area contributed by atoms with Gasteiger partial charge in [0.15, 0.2) is 23.3 Å². The normalized spacial score (nSPS) is 10.6. The molecule has 0 bridgehead atoms. The second-order valence-electron chi connectivity index (χ2n) is 3.77. The van der Waals surface area contributed by atoms with Crippen LogP contribution in [0.1, 0.15) is 10.4 Å². The molecule has 1 aromatic carbocycles. The molecule has 0 aliphatic rings. The van der Waals surface area contributed by atoms with Crippen LogP contribution >= 0.6 is 0 Å². The Bertz CT molecular complexity index is 705. The first kappa shape index (κ1) is 14.8. The number of nitrogens with zero attached hydrogens (tertiary/aromatic N) is 1. The first-order valence-electron chi connectivity index (χ1n) is 5.27. The molecular weight excluding hydrogens is 302 g/mol. The van der Waals surface area contributed by atoms with E-state index in [0.29, 0.717) is 6.07 Å². The van der Waals surface area contributed by atoms with Gasteiger partial charge in [-0.2, -0.15) is 4.39 Å². The number of hydrogen-bond donors (Lipinski definition) is 1. The van der Waals surface area contributed by atoms with Crippen molar-refractivity contribution < 1.29 is 31.1 Å². The number of benzene rings is 1. The van der Waals surface area contributed by atoms with Crippen LogP contribution in [-0.4, -0.2) is 10.9 Å². The van der Waals surface area contributed by atoms with Crippen LogP contribution in [0.4, 0.5) is 32.0 Å². The Kier molecular flexibility index (Phi) is 3.83. The third-order valence-electron chi connectivity index (χ3n) is 2.44. The van der Waals surface area contributed by atoms with Gasteiger partial charge < -0.3 is 5.32 Å². The number of anilines is 1. The van der Waals surface area contributed by atoms with Crippen LogP contribution < -0.4 is 5.32 Å². The van der Waals surface area contributed by atoms with E-state index in [1.807, 2.05) is 0 Å². The Morgan fingerprint density at radius 1 is 0.905 bits per heavy atom. The number of pyridine rings is 1. The van der Waals surface area contributed by atoms with E-state index in [-0.39, 0.29) is 0 Å². The minimum absolute atomic E-state index is 0.411. The lowest BCUT2D eigenvalue weighted by atomic mass is 10.2. The van der Waals surface area contributed by atoms with Crippen LogP contribution in [0.15, 0.2) is 18.3 Å². The second-order valence-corrected chi connectivity index (χ2v) is 3.77. The van der Waals surface area contributed by atoms with E-state index in [1.54, 1.807) is 0 Å². The highest BCUT2D eigenvalue weighted by Crippen LogP contribution is 2.27. The SMILES string of the molecule is O=C(Nc1c(F)c(F)c(F)c(F)c1F)c1ccnc(F)c1. The van der Waals surface area contributed by atoms with E-state index < -0.39 is 52.2 Å². The van der Waals surface area contributed by atoms with Gasteiger partial charge in [0, 0.05) is 17.8 Å². The quantitative estimate of drug-likeness (QED) is 0.401. The van der Waals surface area contributed by atoms with Crippen molar-refractivity contribution in [2.45, 2.75) is 0 Å². The molecule has 0 saturated carbocycles. The van der Waals surface area contributed by atoms with E-state index >= 15 is 0 Å². The van der Waals surface area contributed by atoms with E-state index in [0.717, 1.165) is 12.3 Å². The van der Waals surface area contributed by atoms with E-state index in [1.165, 1.54) is 5.32 Å². The number of carbonyl (C=O) groups excluding carboxylic acids is 1. The zero-order chi connectivity index (χ0) is 15.7. The number of rotatable bonds is 2. The van der Waals surface area contributed by atoms with Gasteiger partial charge in [0.25, 0.3) is 5.91 Å². The Balaban J connectivity index is 2.43. The predicted octanol–water partition coefficient (Wildman–Crippen LogP) is 3.17. The van der Waals surface area contributed by atoms with Crippen molar-refractivity contribution in [3.05, 3.63) is 58.9 Å². The summed E-state index contributed by atoms with van der Waals surface area (Å²) in [5.41, 5.74) is -1.93. The fourth-order valence-electron chi connectivity index (χ4n) is 1.44. The minimum Gasteiger partial charge on any atom is -0.317 e. The summed E-state index contributed by atoms with van der Waals surface area (Å²) in [5, 5.41) is 1.50. The fraction of sp³-hybridized carbons (Fsp3) is 0. The molecule has 9 heteroatoms. The number of halogens is 6. The van der Waals surface area contributed by atoms with E-state index in [9.17, 15) is 31.1 Å². The summed E-state index contributed by atoms with van der Waals surface area (Å²) in [6.45, 7) is 0. The average Bonchev–Trinajstić information content (AvgIpc) is 2.47. The highest BCUT2D eigenvalue weighted by atomic mass is 19.2. The number of hydrogen-bond acceptors (Lipinski definition) is 2. The molecule has 1 N–H and O–H groups in total. The van der Waals surface area contributed by atoms with Crippen molar-refractivity contribution in [3.63, 3.8) is 0 Å². The molecular formula is C12H4F6N2O. The molecule has 0 aliphatic carbocycles. The maximum absolute atomic E-state index is 13.3. The molecule has 0 saturated heterocycles. The smallest absolute Gasteiger partial charge is 0.256 e. The van der Waals surface area contributed by atoms with Gasteiger partial charge in [0.1, 0.15) is 5.69 Å². The molecule has 110 valence electrons. The Morgan fingerprint density at radius 2 is 1.43 bits per heavy atom. The highest BCUT2D eigenvalue weighted by molar-refractivity contribution is 6.04. The molecule has 3 nitrogen and oxygen atoms in total. The van der Waals surface area contributed by atoms with Gasteiger partial charge in [0.05, 0.1) is 0 Å². The molecule has 0 spiro atoms. The summed E-state index contributed by atoms with van der Waals surface area (Å²) >= 11 is 0. The summed E-state index contributed by atoms with van der Waals surface area (Å²) in [5.74, 6) is -13.5. The van der Waals surface area contributed by atoms with Gasteiger partial charge >= 0.3 is 0 Å². The lowest BCUT2D eigenvalue weighted by molar-refractivity contribution is 0.102. The zero-order valence-electron chi connectivity index (χ0n) is 9.86. The molecule has 21 heavy (non-hydrogen) atoms. The number of amides is 1. The molecule has 0 fully saturated rings. The summed E-state index contributed by atoms with van der Waals surface area (Å²) < 4.78 is 78.2. The van der Waals surface area contributed by atoms with Crippen LogP contribution in [0.2, 0.25) is 0 Å². The maximum Gasteiger partial charge on any atom is 0.256 e. The standard InChI is InChI=1S/C12H4F6N2O/c13-5-3-4(1-2-19-5)12(21)20-11-9(17)7(15)6(14)8(16)10(11)18/h1-3H,(H,20,21). The van der Waals surface area contributed by atoms with E-state index in [2.05, 4.69) is 4.98 Å². The molecule has 2 rings (SSSR count). The van der Waals surface area contributed by atoms with Gasteiger partial charge in [0.2, 0.25) is 11.8 Å². The first-order valence-corrected chi connectivity index (χ1v) is 5.27. The van der Waals surface area contributed by atoms with Crippen molar-refractivity contribution in [1.82, 2.24) is 4.98 Å². The molecule has 1 aromatic heterocycles. The maximum atomic E-state index is 13.3. The fourth-order valence-corrected chi connectivity index (χ4v) is 1.44. The van der Waals surface area contributed by atoms with Crippen molar-refractivity contribution in [1.29, 1.82) is 0 Å². The molecule has 0 radical (unpaired) electrons. The summed E-state index contributed by atoms with van der Waals surface area (Å²) in [4.78, 5) is 14.7. The number of carbonyl (C=O) groups is 1. The van der Waals surface area contributed by atoms with Crippen LogP contribution in [0.3, 0.4) is 0 Å². The Morgan fingerprint density at radius 3 is 1.95 bits per heavy atom. The first-order chi connectivity index (χ1) is 9.82. The molecule has 0 atom stereocenters. The largest absolute Gasteiger partial charge is 0.317 e. The third-order valence-corrected chi connectivity index (χ3v) is 2.44. The molecule has 0 aliphatic heterocycles. The van der Waals surface area contributed by atoms with Crippen molar-refractivity contribution >= 4 is 11.6 Å². The monoisotopic (exact) mass is 306 g/mol. The summed E-state index contributed by atoms with van der Waals surface area (Å²) in [6.07, 6.45) is 0.892.